The number of aryl methyl sites for hydroxylation is 1. The number of nitrogens with two attached hydrogens (primary N) is 1. The van der Waals surface area contributed by atoms with E-state index in [9.17, 15) is 14.9 Å². The highest BCUT2D eigenvalue weighted by molar-refractivity contribution is 5.86. The molecule has 6 heteroatoms. The molecule has 1 atom stereocenters. The van der Waals surface area contributed by atoms with E-state index in [4.69, 9.17) is 5.73 Å². The van der Waals surface area contributed by atoms with E-state index >= 15 is 0 Å². The number of nitriles is 1. The second-order valence-corrected chi connectivity index (χ2v) is 7.64. The van der Waals surface area contributed by atoms with Crippen LogP contribution < -0.4 is 16.6 Å². The van der Waals surface area contributed by atoms with Crippen molar-refractivity contribution >= 4 is 5.91 Å². The van der Waals surface area contributed by atoms with Gasteiger partial charge in [-0.05, 0) is 35.6 Å². The molecular formula is C22H26N4O2. The minimum absolute atomic E-state index is 0.0627. The molecule has 0 bridgehead atoms. The molecule has 146 valence electrons. The fourth-order valence-electron chi connectivity index (χ4n) is 3.64. The van der Waals surface area contributed by atoms with Crippen molar-refractivity contribution in [3.63, 3.8) is 0 Å². The molecule has 1 saturated carbocycles. The molecule has 0 aliphatic heterocycles. The number of rotatable bonds is 5. The maximum Gasteiger partial charge on any atom is 0.250 e. The third-order valence-corrected chi connectivity index (χ3v) is 5.49. The Bertz CT molecular complexity index is 934. The molecule has 28 heavy (non-hydrogen) atoms. The number of carbonyl (C=O) groups is 1. The molecule has 1 amide bonds. The average molecular weight is 378 g/mol. The lowest BCUT2D eigenvalue weighted by Gasteiger charge is -2.32. The third kappa shape index (κ3) is 4.49. The van der Waals surface area contributed by atoms with E-state index in [2.05, 4.69) is 11.4 Å². The predicted octanol–water partition coefficient (Wildman–Crippen LogP) is 2.26. The molecule has 0 unspecified atom stereocenters. The number of carbonyl (C=O) groups excluding carboxylic acids is 1. The molecule has 3 rings (SSSR count). The van der Waals surface area contributed by atoms with E-state index < -0.39 is 11.6 Å². The first-order valence-electron chi connectivity index (χ1n) is 9.67. The fourth-order valence-corrected chi connectivity index (χ4v) is 3.64. The van der Waals surface area contributed by atoms with Crippen LogP contribution in [0.1, 0.15) is 37.7 Å². The Labute approximate surface area is 165 Å². The highest BCUT2D eigenvalue weighted by atomic mass is 16.2. The standard InChI is InChI=1S/C22H26N4O2/c1-26-12-9-18(14-20(26)27)17-7-5-16(6-8-17)13-19(15-23)25-21(28)22(24)10-3-2-4-11-22/h5-9,12,14,19H,2-4,10-11,13,24H2,1H3,(H,25,28)/t19-/m0/s1. The number of nitrogens with one attached hydrogen (secondary N) is 1. The number of amides is 1. The topological polar surface area (TPSA) is 101 Å². The van der Waals surface area contributed by atoms with Crippen LogP contribution in [0, 0.1) is 11.3 Å². The summed E-state index contributed by atoms with van der Waals surface area (Å²) in [5, 5.41) is 12.3. The number of aromatic nitrogens is 1. The van der Waals surface area contributed by atoms with Crippen LogP contribution in [0.2, 0.25) is 0 Å². The molecule has 1 aromatic carbocycles. The van der Waals surface area contributed by atoms with E-state index in [1.807, 2.05) is 30.3 Å². The van der Waals surface area contributed by atoms with Crippen molar-refractivity contribution < 1.29 is 4.79 Å². The van der Waals surface area contributed by atoms with Crippen LogP contribution in [0.5, 0.6) is 0 Å². The maximum absolute atomic E-state index is 12.6. The SMILES string of the molecule is Cn1ccc(-c2ccc(C[C@@H](C#N)NC(=O)C3(N)CCCCC3)cc2)cc1=O. The minimum Gasteiger partial charge on any atom is -0.338 e. The van der Waals surface area contributed by atoms with Crippen LogP contribution in [-0.2, 0) is 18.3 Å². The van der Waals surface area contributed by atoms with Gasteiger partial charge >= 0.3 is 0 Å². The number of hydrogen-bond donors (Lipinski definition) is 2. The first kappa shape index (κ1) is 19.8. The van der Waals surface area contributed by atoms with E-state index in [0.717, 1.165) is 36.0 Å². The van der Waals surface area contributed by atoms with Crippen molar-refractivity contribution in [1.82, 2.24) is 9.88 Å². The molecule has 2 aromatic rings. The summed E-state index contributed by atoms with van der Waals surface area (Å²) in [6, 6.07) is 12.7. The fraction of sp³-hybridized carbons (Fsp3) is 0.409. The second-order valence-electron chi connectivity index (χ2n) is 7.64. The normalized spacial score (nSPS) is 16.8. The zero-order valence-electron chi connectivity index (χ0n) is 16.1. The quantitative estimate of drug-likeness (QED) is 0.833. The highest BCUT2D eigenvalue weighted by Crippen LogP contribution is 2.26. The average Bonchev–Trinajstić information content (AvgIpc) is 2.70. The summed E-state index contributed by atoms with van der Waals surface area (Å²) in [7, 11) is 1.71. The summed E-state index contributed by atoms with van der Waals surface area (Å²) in [6.45, 7) is 0. The summed E-state index contributed by atoms with van der Waals surface area (Å²) >= 11 is 0. The van der Waals surface area contributed by atoms with Gasteiger partial charge in [-0.25, -0.2) is 0 Å². The molecule has 1 fully saturated rings. The Morgan fingerprint density at radius 1 is 1.21 bits per heavy atom. The Morgan fingerprint density at radius 2 is 1.89 bits per heavy atom. The van der Waals surface area contributed by atoms with Gasteiger partial charge in [-0.1, -0.05) is 43.5 Å². The molecule has 0 spiro atoms. The number of hydrogen-bond acceptors (Lipinski definition) is 4. The van der Waals surface area contributed by atoms with Crippen molar-refractivity contribution in [2.24, 2.45) is 12.8 Å². The summed E-state index contributed by atoms with van der Waals surface area (Å²) in [5.41, 5.74) is 8.06. The highest BCUT2D eigenvalue weighted by Gasteiger charge is 2.36. The van der Waals surface area contributed by atoms with Crippen LogP contribution in [0.15, 0.2) is 47.4 Å². The lowest BCUT2D eigenvalue weighted by atomic mass is 9.81. The molecule has 1 aromatic heterocycles. The van der Waals surface area contributed by atoms with E-state index in [1.54, 1.807) is 19.3 Å². The van der Waals surface area contributed by atoms with Gasteiger partial charge in [-0.2, -0.15) is 5.26 Å². The Balaban J connectivity index is 1.66. The van der Waals surface area contributed by atoms with Crippen LogP contribution >= 0.6 is 0 Å². The van der Waals surface area contributed by atoms with Gasteiger partial charge in [-0.15, -0.1) is 0 Å². The Kier molecular flexibility index (Phi) is 5.96. The van der Waals surface area contributed by atoms with Gasteiger partial charge in [0, 0.05) is 25.7 Å². The van der Waals surface area contributed by atoms with E-state index in [-0.39, 0.29) is 11.5 Å². The van der Waals surface area contributed by atoms with Gasteiger partial charge in [0.25, 0.3) is 5.56 Å². The van der Waals surface area contributed by atoms with Gasteiger partial charge in [0.15, 0.2) is 0 Å². The third-order valence-electron chi connectivity index (χ3n) is 5.49. The number of nitrogens with zero attached hydrogens (tertiary/aromatic N) is 2. The van der Waals surface area contributed by atoms with Crippen LogP contribution in [0.3, 0.4) is 0 Å². The van der Waals surface area contributed by atoms with Gasteiger partial charge in [0.1, 0.15) is 6.04 Å². The van der Waals surface area contributed by atoms with Crippen LogP contribution in [0.4, 0.5) is 0 Å². The molecule has 0 radical (unpaired) electrons. The zero-order valence-corrected chi connectivity index (χ0v) is 16.1. The molecule has 0 saturated heterocycles. The lowest BCUT2D eigenvalue weighted by Crippen LogP contribution is -2.57. The van der Waals surface area contributed by atoms with Gasteiger partial charge in [0.05, 0.1) is 11.6 Å². The first-order valence-corrected chi connectivity index (χ1v) is 9.67. The maximum atomic E-state index is 12.6. The second kappa shape index (κ2) is 8.41. The first-order chi connectivity index (χ1) is 13.4. The summed E-state index contributed by atoms with van der Waals surface area (Å²) in [4.78, 5) is 24.4. The van der Waals surface area contributed by atoms with Crippen molar-refractivity contribution in [3.05, 3.63) is 58.5 Å². The largest absolute Gasteiger partial charge is 0.338 e. The number of benzene rings is 1. The summed E-state index contributed by atoms with van der Waals surface area (Å²) < 4.78 is 1.52. The van der Waals surface area contributed by atoms with Crippen molar-refractivity contribution in [2.75, 3.05) is 0 Å². The molecule has 1 aliphatic carbocycles. The van der Waals surface area contributed by atoms with E-state index in [0.29, 0.717) is 19.3 Å². The lowest BCUT2D eigenvalue weighted by molar-refractivity contribution is -0.127. The van der Waals surface area contributed by atoms with Gasteiger partial charge in [-0.3, -0.25) is 9.59 Å². The van der Waals surface area contributed by atoms with Crippen molar-refractivity contribution in [3.8, 4) is 17.2 Å². The summed E-state index contributed by atoms with van der Waals surface area (Å²) in [6.07, 6.45) is 6.49. The van der Waals surface area contributed by atoms with Crippen molar-refractivity contribution in [1.29, 1.82) is 5.26 Å². The van der Waals surface area contributed by atoms with Crippen molar-refractivity contribution in [2.45, 2.75) is 50.1 Å². The van der Waals surface area contributed by atoms with Gasteiger partial charge in [0.2, 0.25) is 5.91 Å². The van der Waals surface area contributed by atoms with Crippen LogP contribution in [0.25, 0.3) is 11.1 Å². The molecule has 1 aliphatic rings. The summed E-state index contributed by atoms with van der Waals surface area (Å²) in [5.74, 6) is -0.226. The smallest absolute Gasteiger partial charge is 0.250 e. The van der Waals surface area contributed by atoms with Gasteiger partial charge < -0.3 is 15.6 Å². The van der Waals surface area contributed by atoms with Crippen LogP contribution in [-0.4, -0.2) is 22.1 Å². The zero-order chi connectivity index (χ0) is 20.1. The molecule has 1 heterocycles. The molecular weight excluding hydrogens is 352 g/mol. The number of pyridine rings is 1. The molecule has 3 N–H and O–H groups in total. The molecule has 6 nitrogen and oxygen atoms in total. The minimum atomic E-state index is -0.850. The monoisotopic (exact) mass is 378 g/mol. The van der Waals surface area contributed by atoms with E-state index in [1.165, 1.54) is 4.57 Å². The predicted molar refractivity (Wildman–Crippen MR) is 108 cm³/mol. The Hall–Kier alpha value is -2.91. The Morgan fingerprint density at radius 3 is 2.50 bits per heavy atom.